The van der Waals surface area contributed by atoms with Crippen LogP contribution in [0.5, 0.6) is 0 Å². The van der Waals surface area contributed by atoms with Crippen LogP contribution in [-0.4, -0.2) is 20.2 Å². The maximum Gasteiger partial charge on any atom is 0.123 e. The second-order valence-corrected chi connectivity index (χ2v) is 3.48. The highest BCUT2D eigenvalue weighted by Gasteiger charge is 2.09. The summed E-state index contributed by atoms with van der Waals surface area (Å²) in [6, 6.07) is 6.44. The van der Waals surface area contributed by atoms with Gasteiger partial charge in [-0.3, -0.25) is 0 Å². The van der Waals surface area contributed by atoms with Gasteiger partial charge in [-0.2, -0.15) is 0 Å². The predicted molar refractivity (Wildman–Crippen MR) is 59.3 cm³/mol. The monoisotopic (exact) mass is 211 g/mol. The lowest BCUT2D eigenvalue weighted by Gasteiger charge is -2.16. The van der Waals surface area contributed by atoms with Crippen LogP contribution < -0.4 is 5.32 Å². The number of methoxy groups -OCH3 is 1. The first-order chi connectivity index (χ1) is 7.27. The maximum atomic E-state index is 12.7. The summed E-state index contributed by atoms with van der Waals surface area (Å²) < 4.78 is 18.0. The van der Waals surface area contributed by atoms with Crippen LogP contribution in [0.4, 0.5) is 4.39 Å². The molecule has 2 nitrogen and oxygen atoms in total. The van der Waals surface area contributed by atoms with Crippen LogP contribution in [-0.2, 0) is 4.74 Å². The van der Waals surface area contributed by atoms with Crippen molar-refractivity contribution in [2.45, 2.75) is 19.4 Å². The summed E-state index contributed by atoms with van der Waals surface area (Å²) in [7, 11) is 1.67. The van der Waals surface area contributed by atoms with Crippen LogP contribution in [0, 0.1) is 5.82 Å². The van der Waals surface area contributed by atoms with Crippen molar-refractivity contribution in [2.24, 2.45) is 0 Å². The highest BCUT2D eigenvalue weighted by molar-refractivity contribution is 5.19. The molecule has 0 aliphatic rings. The van der Waals surface area contributed by atoms with E-state index in [2.05, 4.69) is 12.2 Å². The first-order valence-electron chi connectivity index (χ1n) is 5.27. The SMILES string of the molecule is CCCNCC(OC)c1ccc(F)cc1. The Morgan fingerprint density at radius 2 is 2.00 bits per heavy atom. The number of hydrogen-bond acceptors (Lipinski definition) is 2. The van der Waals surface area contributed by atoms with Crippen molar-refractivity contribution in [1.29, 1.82) is 0 Å². The van der Waals surface area contributed by atoms with Crippen LogP contribution in [0.2, 0.25) is 0 Å². The van der Waals surface area contributed by atoms with Gasteiger partial charge < -0.3 is 10.1 Å². The highest BCUT2D eigenvalue weighted by Crippen LogP contribution is 2.15. The second-order valence-electron chi connectivity index (χ2n) is 3.48. The Kier molecular flexibility index (Phi) is 5.29. The number of hydrogen-bond donors (Lipinski definition) is 1. The smallest absolute Gasteiger partial charge is 0.123 e. The van der Waals surface area contributed by atoms with Gasteiger partial charge in [0.1, 0.15) is 5.82 Å². The van der Waals surface area contributed by atoms with Crippen molar-refractivity contribution in [3.63, 3.8) is 0 Å². The molecule has 1 rings (SSSR count). The van der Waals surface area contributed by atoms with Crippen molar-refractivity contribution < 1.29 is 9.13 Å². The molecule has 0 aromatic heterocycles. The van der Waals surface area contributed by atoms with Crippen LogP contribution in [0.3, 0.4) is 0 Å². The van der Waals surface area contributed by atoms with Crippen molar-refractivity contribution in [1.82, 2.24) is 5.32 Å². The largest absolute Gasteiger partial charge is 0.375 e. The van der Waals surface area contributed by atoms with Gasteiger partial charge in [0.05, 0.1) is 6.10 Å². The van der Waals surface area contributed by atoms with E-state index in [0.29, 0.717) is 0 Å². The zero-order valence-corrected chi connectivity index (χ0v) is 9.29. The third-order valence-electron chi connectivity index (χ3n) is 2.28. The minimum Gasteiger partial charge on any atom is -0.375 e. The molecule has 0 heterocycles. The minimum atomic E-state index is -0.213. The summed E-state index contributed by atoms with van der Waals surface area (Å²) >= 11 is 0. The third kappa shape index (κ3) is 3.98. The lowest BCUT2D eigenvalue weighted by molar-refractivity contribution is 0.102. The van der Waals surface area contributed by atoms with Crippen LogP contribution >= 0.6 is 0 Å². The zero-order valence-electron chi connectivity index (χ0n) is 9.29. The van der Waals surface area contributed by atoms with Gasteiger partial charge in [0.25, 0.3) is 0 Å². The third-order valence-corrected chi connectivity index (χ3v) is 2.28. The summed E-state index contributed by atoms with van der Waals surface area (Å²) in [5.41, 5.74) is 1.00. The number of rotatable bonds is 6. The number of nitrogens with one attached hydrogen (secondary N) is 1. The lowest BCUT2D eigenvalue weighted by atomic mass is 10.1. The van der Waals surface area contributed by atoms with Crippen LogP contribution in [0.15, 0.2) is 24.3 Å². The summed E-state index contributed by atoms with van der Waals surface area (Å²) in [6.45, 7) is 3.85. The first kappa shape index (κ1) is 12.1. The molecule has 0 aliphatic heterocycles. The molecule has 1 atom stereocenters. The van der Waals surface area contributed by atoms with E-state index >= 15 is 0 Å². The molecule has 84 valence electrons. The molecule has 0 bridgehead atoms. The average molecular weight is 211 g/mol. The Bertz CT molecular complexity index is 273. The first-order valence-corrected chi connectivity index (χ1v) is 5.27. The van der Waals surface area contributed by atoms with Gasteiger partial charge >= 0.3 is 0 Å². The molecule has 0 aliphatic carbocycles. The molecule has 15 heavy (non-hydrogen) atoms. The fraction of sp³-hybridized carbons (Fsp3) is 0.500. The number of halogens is 1. The summed E-state index contributed by atoms with van der Waals surface area (Å²) in [6.07, 6.45) is 1.09. The molecule has 0 amide bonds. The predicted octanol–water partition coefficient (Wildman–Crippen LogP) is 2.51. The summed E-state index contributed by atoms with van der Waals surface area (Å²) in [5.74, 6) is -0.213. The fourth-order valence-electron chi connectivity index (χ4n) is 1.42. The Morgan fingerprint density at radius 1 is 1.33 bits per heavy atom. The van der Waals surface area contributed by atoms with Gasteiger partial charge in [-0.15, -0.1) is 0 Å². The van der Waals surface area contributed by atoms with Gasteiger partial charge in [-0.05, 0) is 30.7 Å². The van der Waals surface area contributed by atoms with Gasteiger partial charge in [0.15, 0.2) is 0 Å². The Balaban J connectivity index is 2.53. The molecule has 1 aromatic carbocycles. The van der Waals surface area contributed by atoms with E-state index in [1.165, 1.54) is 12.1 Å². The lowest BCUT2D eigenvalue weighted by Crippen LogP contribution is -2.23. The van der Waals surface area contributed by atoms with Crippen LogP contribution in [0.25, 0.3) is 0 Å². The average Bonchev–Trinajstić information content (AvgIpc) is 2.26. The van der Waals surface area contributed by atoms with E-state index in [1.807, 2.05) is 0 Å². The molecule has 1 N–H and O–H groups in total. The fourth-order valence-corrected chi connectivity index (χ4v) is 1.42. The summed E-state index contributed by atoms with van der Waals surface area (Å²) in [5, 5.41) is 3.28. The van der Waals surface area contributed by atoms with Gasteiger partial charge in [-0.1, -0.05) is 19.1 Å². The molecule has 0 saturated heterocycles. The van der Waals surface area contributed by atoms with Gasteiger partial charge in [0, 0.05) is 13.7 Å². The van der Waals surface area contributed by atoms with E-state index in [1.54, 1.807) is 19.2 Å². The highest BCUT2D eigenvalue weighted by atomic mass is 19.1. The van der Waals surface area contributed by atoms with E-state index < -0.39 is 0 Å². The van der Waals surface area contributed by atoms with Crippen molar-refractivity contribution in [3.8, 4) is 0 Å². The molecular formula is C12H18FNO. The van der Waals surface area contributed by atoms with Crippen molar-refractivity contribution in [3.05, 3.63) is 35.6 Å². The van der Waals surface area contributed by atoms with E-state index in [0.717, 1.165) is 25.1 Å². The van der Waals surface area contributed by atoms with E-state index in [9.17, 15) is 4.39 Å². The molecule has 0 saturated carbocycles. The standard InChI is InChI=1S/C12H18FNO/c1-3-8-14-9-12(15-2)10-4-6-11(13)7-5-10/h4-7,12,14H,3,8-9H2,1-2H3. The Labute approximate surface area is 90.4 Å². The molecule has 0 spiro atoms. The zero-order chi connectivity index (χ0) is 11.1. The van der Waals surface area contributed by atoms with E-state index in [-0.39, 0.29) is 11.9 Å². The Hall–Kier alpha value is -0.930. The minimum absolute atomic E-state index is 0.00264. The molecule has 3 heteroatoms. The maximum absolute atomic E-state index is 12.7. The quantitative estimate of drug-likeness (QED) is 0.730. The molecule has 0 radical (unpaired) electrons. The topological polar surface area (TPSA) is 21.3 Å². The Morgan fingerprint density at radius 3 is 2.53 bits per heavy atom. The van der Waals surface area contributed by atoms with Gasteiger partial charge in [0.2, 0.25) is 0 Å². The normalized spacial score (nSPS) is 12.7. The van der Waals surface area contributed by atoms with E-state index in [4.69, 9.17) is 4.74 Å². The van der Waals surface area contributed by atoms with Crippen molar-refractivity contribution in [2.75, 3.05) is 20.2 Å². The van der Waals surface area contributed by atoms with Gasteiger partial charge in [-0.25, -0.2) is 4.39 Å². The van der Waals surface area contributed by atoms with Crippen LogP contribution in [0.1, 0.15) is 25.0 Å². The second kappa shape index (κ2) is 6.53. The molecule has 1 aromatic rings. The molecule has 1 unspecified atom stereocenters. The number of benzene rings is 1. The van der Waals surface area contributed by atoms with Crippen molar-refractivity contribution >= 4 is 0 Å². The number of ether oxygens (including phenoxy) is 1. The molecule has 0 fully saturated rings. The molecular weight excluding hydrogens is 193 g/mol. The summed E-state index contributed by atoms with van der Waals surface area (Å²) in [4.78, 5) is 0.